The predicted octanol–water partition coefficient (Wildman–Crippen LogP) is 3.49. The van der Waals surface area contributed by atoms with Gasteiger partial charge in [-0.1, -0.05) is 23.3 Å². The van der Waals surface area contributed by atoms with Gasteiger partial charge in [0.1, 0.15) is 0 Å². The van der Waals surface area contributed by atoms with Gasteiger partial charge in [0.2, 0.25) is 0 Å². The van der Waals surface area contributed by atoms with E-state index in [1.54, 1.807) is 0 Å². The average Bonchev–Trinajstić information content (AvgIpc) is 2.21. The molecule has 4 heteroatoms. The monoisotopic (exact) mass is 190 g/mol. The fraction of sp³-hybridized carbons (Fsp3) is 0.500. The summed E-state index contributed by atoms with van der Waals surface area (Å²) < 4.78 is 0. The Balaban J connectivity index is 3.24. The molecular weight excluding hydrogens is 176 g/mol. The van der Waals surface area contributed by atoms with Crippen molar-refractivity contribution >= 4 is 0 Å². The van der Waals surface area contributed by atoms with E-state index in [0.29, 0.717) is 6.54 Å². The largest absolute Gasteiger partial charge is 0.193 e. The number of unbranched alkanes of at least 4 members (excludes halogenated alkanes) is 2. The highest BCUT2D eigenvalue weighted by Gasteiger charge is 1.80. The molecule has 14 heavy (non-hydrogen) atoms. The van der Waals surface area contributed by atoms with Crippen LogP contribution in [0.2, 0.25) is 0 Å². The van der Waals surface area contributed by atoms with Crippen LogP contribution >= 0.6 is 0 Å². The van der Waals surface area contributed by atoms with Crippen molar-refractivity contribution in [1.82, 2.24) is 0 Å². The van der Waals surface area contributed by atoms with Gasteiger partial charge in [-0.05, 0) is 31.2 Å². The Kier molecular flexibility index (Phi) is 9.89. The van der Waals surface area contributed by atoms with Crippen LogP contribution in [0, 0.1) is 11.3 Å². The van der Waals surface area contributed by atoms with Crippen molar-refractivity contribution in [3.63, 3.8) is 0 Å². The van der Waals surface area contributed by atoms with Crippen molar-refractivity contribution in [2.24, 2.45) is 5.11 Å². The Labute approximate surface area is 84.2 Å². The molecule has 0 aliphatic heterocycles. The van der Waals surface area contributed by atoms with E-state index in [9.17, 15) is 0 Å². The molecule has 0 unspecified atom stereocenters. The van der Waals surface area contributed by atoms with Crippen molar-refractivity contribution in [3.8, 4) is 6.07 Å². The highest BCUT2D eigenvalue weighted by molar-refractivity contribution is 5.02. The molecule has 0 rings (SSSR count). The molecule has 0 aliphatic carbocycles. The first-order valence-electron chi connectivity index (χ1n) is 4.62. The van der Waals surface area contributed by atoms with Gasteiger partial charge in [0.15, 0.2) is 0 Å². The molecule has 0 aromatic heterocycles. The minimum absolute atomic E-state index is 0.565. The number of nitriles is 1. The number of rotatable bonds is 7. The maximum Gasteiger partial charge on any atom is 0.0908 e. The van der Waals surface area contributed by atoms with Gasteiger partial charge in [0, 0.05) is 17.5 Å². The topological polar surface area (TPSA) is 72.5 Å². The highest BCUT2D eigenvalue weighted by Crippen LogP contribution is 1.96. The minimum atomic E-state index is 0.565. The van der Waals surface area contributed by atoms with Gasteiger partial charge < -0.3 is 0 Å². The van der Waals surface area contributed by atoms with Crippen molar-refractivity contribution in [2.45, 2.75) is 25.7 Å². The molecule has 0 spiro atoms. The first-order chi connectivity index (χ1) is 6.91. The summed E-state index contributed by atoms with van der Waals surface area (Å²) >= 11 is 0. The van der Waals surface area contributed by atoms with E-state index in [4.69, 9.17) is 10.8 Å². The van der Waals surface area contributed by atoms with Crippen LogP contribution < -0.4 is 0 Å². The van der Waals surface area contributed by atoms with Crippen LogP contribution in [-0.2, 0) is 0 Å². The molecule has 74 valence electrons. The normalized spacial score (nSPS) is 10.2. The molecule has 0 N–H and O–H groups in total. The molecule has 0 fully saturated rings. The third-order valence-corrected chi connectivity index (χ3v) is 1.55. The lowest BCUT2D eigenvalue weighted by Crippen LogP contribution is -1.75. The van der Waals surface area contributed by atoms with Crippen LogP contribution in [0.1, 0.15) is 25.7 Å². The standard InChI is InChI=1S/C10H14N4/c11-9-7-5-3-1-2-4-6-8-10-13-14-12/h2,4-5,7H,1,3,6,8,10H2/b4-2+,7-5+. The number of allylic oxidation sites excluding steroid dienone is 4. The van der Waals surface area contributed by atoms with E-state index >= 15 is 0 Å². The number of hydrogen-bond donors (Lipinski definition) is 0. The predicted molar refractivity (Wildman–Crippen MR) is 56.4 cm³/mol. The molecule has 0 aromatic carbocycles. The summed E-state index contributed by atoms with van der Waals surface area (Å²) in [5.74, 6) is 0. The molecule has 4 nitrogen and oxygen atoms in total. The quantitative estimate of drug-likeness (QED) is 0.151. The van der Waals surface area contributed by atoms with E-state index in [2.05, 4.69) is 22.2 Å². The molecule has 0 amide bonds. The molecule has 0 radical (unpaired) electrons. The Morgan fingerprint density at radius 3 is 2.64 bits per heavy atom. The fourth-order valence-corrected chi connectivity index (χ4v) is 0.889. The summed E-state index contributed by atoms with van der Waals surface area (Å²) in [6.45, 7) is 0.565. The molecule has 0 saturated carbocycles. The number of hydrogen-bond acceptors (Lipinski definition) is 2. The van der Waals surface area contributed by atoms with E-state index in [0.717, 1.165) is 25.7 Å². The second kappa shape index (κ2) is 11.3. The number of nitrogens with zero attached hydrogens (tertiary/aromatic N) is 4. The first-order valence-corrected chi connectivity index (χ1v) is 4.62. The molecule has 0 aromatic rings. The molecule has 0 atom stereocenters. The lowest BCUT2D eigenvalue weighted by atomic mass is 10.2. The van der Waals surface area contributed by atoms with Gasteiger partial charge in [-0.15, -0.1) is 0 Å². The Morgan fingerprint density at radius 1 is 1.21 bits per heavy atom. The molecule has 0 heterocycles. The van der Waals surface area contributed by atoms with Gasteiger partial charge in [0.05, 0.1) is 6.07 Å². The van der Waals surface area contributed by atoms with Crippen LogP contribution in [0.4, 0.5) is 0 Å². The Bertz CT molecular complexity index is 266. The summed E-state index contributed by atoms with van der Waals surface area (Å²) in [6.07, 6.45) is 11.2. The van der Waals surface area contributed by atoms with Gasteiger partial charge in [-0.2, -0.15) is 5.26 Å². The van der Waals surface area contributed by atoms with E-state index in [-0.39, 0.29) is 0 Å². The van der Waals surface area contributed by atoms with Crippen LogP contribution in [-0.4, -0.2) is 6.54 Å². The van der Waals surface area contributed by atoms with Gasteiger partial charge in [0.25, 0.3) is 0 Å². The summed E-state index contributed by atoms with van der Waals surface area (Å²) in [6, 6.07) is 1.94. The van der Waals surface area contributed by atoms with E-state index < -0.39 is 0 Å². The van der Waals surface area contributed by atoms with Crippen molar-refractivity contribution in [1.29, 1.82) is 5.26 Å². The van der Waals surface area contributed by atoms with Crippen LogP contribution in [0.5, 0.6) is 0 Å². The second-order valence-corrected chi connectivity index (χ2v) is 2.68. The minimum Gasteiger partial charge on any atom is -0.193 e. The lowest BCUT2D eigenvalue weighted by molar-refractivity contribution is 0.844. The third kappa shape index (κ3) is 10.3. The number of azide groups is 1. The van der Waals surface area contributed by atoms with Gasteiger partial charge in [-0.25, -0.2) is 0 Å². The Hall–Kier alpha value is -1.72. The maximum atomic E-state index is 8.19. The molecule has 0 bridgehead atoms. The van der Waals surface area contributed by atoms with Crippen LogP contribution in [0.15, 0.2) is 29.4 Å². The van der Waals surface area contributed by atoms with E-state index in [1.165, 1.54) is 6.08 Å². The summed E-state index contributed by atoms with van der Waals surface area (Å²) in [4.78, 5) is 2.66. The maximum absolute atomic E-state index is 8.19. The van der Waals surface area contributed by atoms with Crippen molar-refractivity contribution in [3.05, 3.63) is 34.7 Å². The van der Waals surface area contributed by atoms with Gasteiger partial charge >= 0.3 is 0 Å². The first kappa shape index (κ1) is 12.3. The molecule has 0 saturated heterocycles. The van der Waals surface area contributed by atoms with Crippen molar-refractivity contribution < 1.29 is 0 Å². The molecule has 0 aliphatic rings. The zero-order chi connectivity index (χ0) is 10.5. The van der Waals surface area contributed by atoms with E-state index in [1.807, 2.05) is 12.1 Å². The summed E-state index contributed by atoms with van der Waals surface area (Å²) in [5, 5.41) is 11.6. The average molecular weight is 190 g/mol. The second-order valence-electron chi connectivity index (χ2n) is 2.68. The summed E-state index contributed by atoms with van der Waals surface area (Å²) in [7, 11) is 0. The zero-order valence-electron chi connectivity index (χ0n) is 8.13. The van der Waals surface area contributed by atoms with Crippen molar-refractivity contribution in [2.75, 3.05) is 6.54 Å². The zero-order valence-corrected chi connectivity index (χ0v) is 8.13. The SMILES string of the molecule is N#C/C=C/CC/C=C/CCCN=[N+]=[N-]. The smallest absolute Gasteiger partial charge is 0.0908 e. The third-order valence-electron chi connectivity index (χ3n) is 1.55. The highest BCUT2D eigenvalue weighted by atomic mass is 15.1. The van der Waals surface area contributed by atoms with Gasteiger partial charge in [-0.3, -0.25) is 0 Å². The summed E-state index contributed by atoms with van der Waals surface area (Å²) in [5.41, 5.74) is 8.00. The molecular formula is C10H14N4. The Morgan fingerprint density at radius 2 is 1.93 bits per heavy atom. The fourth-order valence-electron chi connectivity index (χ4n) is 0.889. The lowest BCUT2D eigenvalue weighted by Gasteiger charge is -1.88. The van der Waals surface area contributed by atoms with Crippen LogP contribution in [0.3, 0.4) is 0 Å². The van der Waals surface area contributed by atoms with Crippen LogP contribution in [0.25, 0.3) is 10.4 Å².